The second-order valence-corrected chi connectivity index (χ2v) is 2.77. The van der Waals surface area contributed by atoms with E-state index in [0.717, 1.165) is 6.54 Å². The summed E-state index contributed by atoms with van der Waals surface area (Å²) in [6.45, 7) is 4.05. The van der Waals surface area contributed by atoms with Crippen LogP contribution >= 0.6 is 0 Å². The van der Waals surface area contributed by atoms with Crippen molar-refractivity contribution in [3.63, 3.8) is 0 Å². The summed E-state index contributed by atoms with van der Waals surface area (Å²) in [6.07, 6.45) is 2.54. The highest BCUT2D eigenvalue weighted by atomic mass is 16.5. The number of carbonyl (C=O) groups is 1. The van der Waals surface area contributed by atoms with Crippen LogP contribution in [0.3, 0.4) is 0 Å². The zero-order valence-corrected chi connectivity index (χ0v) is 9.13. The number of rotatable bonds is 7. The van der Waals surface area contributed by atoms with Gasteiger partial charge in [0.15, 0.2) is 0 Å². The fraction of sp³-hybridized carbons (Fsp3) is 0.700. The van der Waals surface area contributed by atoms with E-state index < -0.39 is 0 Å². The average molecular weight is 201 g/mol. The molecule has 0 saturated carbocycles. The first-order chi connectivity index (χ1) is 6.76. The van der Waals surface area contributed by atoms with Crippen LogP contribution in [0.5, 0.6) is 0 Å². The van der Waals surface area contributed by atoms with Crippen LogP contribution < -0.4 is 5.32 Å². The Bertz CT molecular complexity index is 190. The summed E-state index contributed by atoms with van der Waals surface area (Å²) in [7, 11) is 3.05. The molecule has 4 heteroatoms. The third-order valence-electron chi connectivity index (χ3n) is 1.80. The van der Waals surface area contributed by atoms with Gasteiger partial charge < -0.3 is 14.8 Å². The highest BCUT2D eigenvalue weighted by molar-refractivity contribution is 5.88. The molecule has 0 aliphatic rings. The van der Waals surface area contributed by atoms with Crippen molar-refractivity contribution in [1.29, 1.82) is 0 Å². The lowest BCUT2D eigenvalue weighted by Crippen LogP contribution is -2.20. The van der Waals surface area contributed by atoms with Crippen LogP contribution in [0.2, 0.25) is 0 Å². The Hall–Kier alpha value is -0.870. The van der Waals surface area contributed by atoms with E-state index in [2.05, 4.69) is 10.1 Å². The molecule has 0 atom stereocenters. The van der Waals surface area contributed by atoms with Gasteiger partial charge in [0.05, 0.1) is 13.7 Å². The molecule has 0 aromatic rings. The molecule has 0 aromatic carbocycles. The Morgan fingerprint density at radius 3 is 2.64 bits per heavy atom. The van der Waals surface area contributed by atoms with Gasteiger partial charge in [0.1, 0.15) is 0 Å². The molecule has 0 rings (SSSR count). The molecule has 0 saturated heterocycles. The molecule has 0 fully saturated rings. The van der Waals surface area contributed by atoms with Crippen molar-refractivity contribution in [2.24, 2.45) is 0 Å². The second kappa shape index (κ2) is 8.72. The fourth-order valence-electron chi connectivity index (χ4n) is 0.975. The predicted octanol–water partition coefficient (Wildman–Crippen LogP) is 0.732. The van der Waals surface area contributed by atoms with Crippen LogP contribution in [-0.2, 0) is 14.3 Å². The van der Waals surface area contributed by atoms with Crippen molar-refractivity contribution >= 4 is 5.97 Å². The number of methoxy groups -OCH3 is 2. The van der Waals surface area contributed by atoms with E-state index >= 15 is 0 Å². The molecule has 0 spiro atoms. The van der Waals surface area contributed by atoms with Crippen molar-refractivity contribution in [2.45, 2.75) is 13.3 Å². The van der Waals surface area contributed by atoms with Crippen molar-refractivity contribution in [3.05, 3.63) is 11.6 Å². The number of carbonyl (C=O) groups excluding carboxylic acids is 1. The summed E-state index contributed by atoms with van der Waals surface area (Å²) in [4.78, 5) is 11.1. The molecule has 14 heavy (non-hydrogen) atoms. The molecule has 0 aliphatic heterocycles. The molecular formula is C10H19NO3. The largest absolute Gasteiger partial charge is 0.466 e. The van der Waals surface area contributed by atoms with Crippen LogP contribution in [0, 0.1) is 0 Å². The zero-order chi connectivity index (χ0) is 10.8. The Kier molecular flexibility index (Phi) is 8.17. The lowest BCUT2D eigenvalue weighted by Gasteiger charge is -2.03. The van der Waals surface area contributed by atoms with Crippen LogP contribution in [-0.4, -0.2) is 39.9 Å². The van der Waals surface area contributed by atoms with Crippen LogP contribution in [0.15, 0.2) is 11.6 Å². The van der Waals surface area contributed by atoms with Crippen LogP contribution in [0.25, 0.3) is 0 Å². The smallest absolute Gasteiger partial charge is 0.333 e. The molecule has 0 bridgehead atoms. The predicted molar refractivity (Wildman–Crippen MR) is 55.1 cm³/mol. The van der Waals surface area contributed by atoms with Gasteiger partial charge in [-0.15, -0.1) is 0 Å². The van der Waals surface area contributed by atoms with Crippen LogP contribution in [0.1, 0.15) is 13.3 Å². The first kappa shape index (κ1) is 13.1. The van der Waals surface area contributed by atoms with Gasteiger partial charge in [-0.1, -0.05) is 13.0 Å². The molecule has 82 valence electrons. The van der Waals surface area contributed by atoms with Crippen molar-refractivity contribution in [3.8, 4) is 0 Å². The van der Waals surface area contributed by atoms with E-state index in [-0.39, 0.29) is 5.97 Å². The van der Waals surface area contributed by atoms with Gasteiger partial charge in [-0.05, 0) is 6.42 Å². The third kappa shape index (κ3) is 5.72. The van der Waals surface area contributed by atoms with Gasteiger partial charge in [-0.2, -0.15) is 0 Å². The maximum atomic E-state index is 11.1. The fourth-order valence-corrected chi connectivity index (χ4v) is 0.975. The van der Waals surface area contributed by atoms with E-state index in [0.29, 0.717) is 25.1 Å². The van der Waals surface area contributed by atoms with Gasteiger partial charge in [0.2, 0.25) is 0 Å². The number of nitrogens with one attached hydrogen (secondary N) is 1. The Morgan fingerprint density at radius 1 is 1.43 bits per heavy atom. The summed E-state index contributed by atoms with van der Waals surface area (Å²) >= 11 is 0. The van der Waals surface area contributed by atoms with E-state index in [1.165, 1.54) is 7.11 Å². The molecule has 0 heterocycles. The van der Waals surface area contributed by atoms with Crippen molar-refractivity contribution in [1.82, 2.24) is 5.32 Å². The normalized spacial score (nSPS) is 11.5. The summed E-state index contributed by atoms with van der Waals surface area (Å²) in [5.74, 6) is -0.249. The number of ether oxygens (including phenoxy) is 2. The minimum absolute atomic E-state index is 0.249. The highest BCUT2D eigenvalue weighted by Crippen LogP contribution is 2.01. The minimum Gasteiger partial charge on any atom is -0.466 e. The minimum atomic E-state index is -0.249. The molecule has 4 nitrogen and oxygen atoms in total. The first-order valence-corrected chi connectivity index (χ1v) is 4.73. The van der Waals surface area contributed by atoms with Crippen molar-refractivity contribution < 1.29 is 14.3 Å². The van der Waals surface area contributed by atoms with Gasteiger partial charge in [0.25, 0.3) is 0 Å². The summed E-state index contributed by atoms with van der Waals surface area (Å²) in [6, 6.07) is 0. The topological polar surface area (TPSA) is 47.6 Å². The van der Waals surface area contributed by atoms with E-state index in [9.17, 15) is 4.79 Å². The maximum absolute atomic E-state index is 11.1. The number of hydrogen-bond donors (Lipinski definition) is 1. The summed E-state index contributed by atoms with van der Waals surface area (Å²) in [5, 5.41) is 3.12. The zero-order valence-electron chi connectivity index (χ0n) is 9.13. The summed E-state index contributed by atoms with van der Waals surface area (Å²) < 4.78 is 9.49. The molecule has 1 N–H and O–H groups in total. The Morgan fingerprint density at radius 2 is 2.14 bits per heavy atom. The third-order valence-corrected chi connectivity index (χ3v) is 1.80. The van der Waals surface area contributed by atoms with Gasteiger partial charge in [-0.3, -0.25) is 0 Å². The molecule has 0 aromatic heterocycles. The maximum Gasteiger partial charge on any atom is 0.333 e. The number of esters is 1. The molecular weight excluding hydrogens is 182 g/mol. The van der Waals surface area contributed by atoms with E-state index in [4.69, 9.17) is 4.74 Å². The molecule has 0 unspecified atom stereocenters. The summed E-state index contributed by atoms with van der Waals surface area (Å²) in [5.41, 5.74) is 0.706. The molecule has 0 aliphatic carbocycles. The first-order valence-electron chi connectivity index (χ1n) is 4.73. The van der Waals surface area contributed by atoms with E-state index in [1.54, 1.807) is 7.11 Å². The number of hydrogen-bond acceptors (Lipinski definition) is 4. The monoisotopic (exact) mass is 201 g/mol. The molecule has 0 radical (unpaired) electrons. The van der Waals surface area contributed by atoms with Gasteiger partial charge in [0, 0.05) is 25.8 Å². The van der Waals surface area contributed by atoms with Gasteiger partial charge >= 0.3 is 5.97 Å². The van der Waals surface area contributed by atoms with Crippen molar-refractivity contribution in [2.75, 3.05) is 33.9 Å². The van der Waals surface area contributed by atoms with Crippen LogP contribution in [0.4, 0.5) is 0 Å². The highest BCUT2D eigenvalue weighted by Gasteiger charge is 2.05. The lowest BCUT2D eigenvalue weighted by molar-refractivity contribution is -0.136. The Labute approximate surface area is 85.3 Å². The Balaban J connectivity index is 3.76. The lowest BCUT2D eigenvalue weighted by atomic mass is 10.2. The SMILES string of the molecule is CCC(=CCNCCOC)C(=O)OC. The van der Waals surface area contributed by atoms with Gasteiger partial charge in [-0.25, -0.2) is 4.79 Å². The quantitative estimate of drug-likeness (QED) is 0.375. The average Bonchev–Trinajstić information content (AvgIpc) is 2.22. The second-order valence-electron chi connectivity index (χ2n) is 2.77. The molecule has 0 amide bonds. The van der Waals surface area contributed by atoms with E-state index in [1.807, 2.05) is 13.0 Å². The standard InChI is InChI=1S/C10H19NO3/c1-4-9(10(12)14-3)5-6-11-7-8-13-2/h5,11H,4,6-8H2,1-3H3.